The summed E-state index contributed by atoms with van der Waals surface area (Å²) in [5.41, 5.74) is 2.49. The minimum atomic E-state index is -0.455. The van der Waals surface area contributed by atoms with Crippen molar-refractivity contribution in [2.75, 3.05) is 5.32 Å². The average molecular weight is 315 g/mol. The van der Waals surface area contributed by atoms with Crippen LogP contribution in [-0.4, -0.2) is 11.8 Å². The van der Waals surface area contributed by atoms with E-state index in [0.717, 1.165) is 11.1 Å². The van der Waals surface area contributed by atoms with Gasteiger partial charge in [-0.25, -0.2) is 0 Å². The zero-order valence-electron chi connectivity index (χ0n) is 11.8. The fourth-order valence-corrected chi connectivity index (χ4v) is 2.82. The molecule has 0 saturated heterocycles. The lowest BCUT2D eigenvalue weighted by Gasteiger charge is -2.24. The summed E-state index contributed by atoms with van der Waals surface area (Å²) in [5, 5.41) is 6.30. The lowest BCUT2D eigenvalue weighted by Crippen LogP contribution is -2.34. The molecule has 0 radical (unpaired) electrons. The molecule has 1 aliphatic rings. The van der Waals surface area contributed by atoms with Gasteiger partial charge in [0.2, 0.25) is 11.8 Å². The highest BCUT2D eigenvalue weighted by molar-refractivity contribution is 6.30. The average Bonchev–Trinajstić information content (AvgIpc) is 2.52. The quantitative estimate of drug-likeness (QED) is 0.914. The Kier molecular flexibility index (Phi) is 4.11. The third-order valence-corrected chi connectivity index (χ3v) is 3.91. The summed E-state index contributed by atoms with van der Waals surface area (Å²) in [6, 6.07) is 14.7. The maximum atomic E-state index is 12.4. The molecule has 0 bridgehead atoms. The van der Waals surface area contributed by atoms with Crippen LogP contribution in [0.4, 0.5) is 5.69 Å². The molecule has 2 aromatic rings. The topological polar surface area (TPSA) is 58.2 Å². The van der Waals surface area contributed by atoms with Crippen molar-refractivity contribution in [2.24, 2.45) is 0 Å². The van der Waals surface area contributed by atoms with Gasteiger partial charge in [-0.15, -0.1) is 0 Å². The molecule has 112 valence electrons. The van der Waals surface area contributed by atoms with Gasteiger partial charge >= 0.3 is 0 Å². The van der Waals surface area contributed by atoms with E-state index in [1.807, 2.05) is 42.5 Å². The van der Waals surface area contributed by atoms with Gasteiger partial charge in [-0.05, 0) is 29.3 Å². The van der Waals surface area contributed by atoms with Crippen LogP contribution in [0.3, 0.4) is 0 Å². The molecule has 1 atom stereocenters. The van der Waals surface area contributed by atoms with E-state index in [9.17, 15) is 9.59 Å². The number of nitrogens with one attached hydrogen (secondary N) is 2. The molecule has 1 aliphatic heterocycles. The fourth-order valence-electron chi connectivity index (χ4n) is 2.60. The van der Waals surface area contributed by atoms with Crippen LogP contribution in [0.15, 0.2) is 48.5 Å². The predicted octanol–water partition coefficient (Wildman–Crippen LogP) is 3.08. The van der Waals surface area contributed by atoms with Gasteiger partial charge in [0.05, 0.1) is 5.92 Å². The molecule has 4 nitrogen and oxygen atoms in total. The van der Waals surface area contributed by atoms with E-state index in [0.29, 0.717) is 17.3 Å². The molecule has 5 heteroatoms. The summed E-state index contributed by atoms with van der Waals surface area (Å²) in [4.78, 5) is 24.2. The Morgan fingerprint density at radius 1 is 1.23 bits per heavy atom. The first-order valence-electron chi connectivity index (χ1n) is 7.04. The zero-order valence-corrected chi connectivity index (χ0v) is 12.6. The van der Waals surface area contributed by atoms with Crippen molar-refractivity contribution < 1.29 is 9.59 Å². The van der Waals surface area contributed by atoms with E-state index >= 15 is 0 Å². The summed E-state index contributed by atoms with van der Waals surface area (Å²) in [6.45, 7) is 0.389. The Morgan fingerprint density at radius 3 is 2.86 bits per heavy atom. The first-order chi connectivity index (χ1) is 10.6. The normalized spacial score (nSPS) is 16.6. The van der Waals surface area contributed by atoms with E-state index in [1.165, 1.54) is 0 Å². The van der Waals surface area contributed by atoms with Crippen molar-refractivity contribution in [2.45, 2.75) is 18.9 Å². The number of rotatable bonds is 3. The molecule has 1 heterocycles. The summed E-state index contributed by atoms with van der Waals surface area (Å²) in [6.07, 6.45) is 0.165. The standard InChI is InChI=1S/C17H15ClN2O2/c18-12-5-3-4-11(8-12)10-19-17(22)14-9-16(21)20-15-7-2-1-6-13(14)15/h1-8,14H,9-10H2,(H,19,22)(H,20,21). The largest absolute Gasteiger partial charge is 0.351 e. The van der Waals surface area contributed by atoms with Gasteiger partial charge in [0.25, 0.3) is 0 Å². The lowest BCUT2D eigenvalue weighted by molar-refractivity contribution is -0.126. The van der Waals surface area contributed by atoms with Crippen molar-refractivity contribution in [3.63, 3.8) is 0 Å². The van der Waals surface area contributed by atoms with E-state index in [4.69, 9.17) is 11.6 Å². The predicted molar refractivity (Wildman–Crippen MR) is 85.7 cm³/mol. The smallest absolute Gasteiger partial charge is 0.228 e. The van der Waals surface area contributed by atoms with Gasteiger partial charge in [-0.2, -0.15) is 0 Å². The van der Waals surface area contributed by atoms with Gasteiger partial charge in [0.15, 0.2) is 0 Å². The van der Waals surface area contributed by atoms with Gasteiger partial charge in [-0.1, -0.05) is 41.9 Å². The maximum Gasteiger partial charge on any atom is 0.228 e. The fraction of sp³-hybridized carbons (Fsp3) is 0.176. The molecule has 0 saturated carbocycles. The van der Waals surface area contributed by atoms with E-state index in [-0.39, 0.29) is 18.2 Å². The zero-order chi connectivity index (χ0) is 15.5. The second-order valence-electron chi connectivity index (χ2n) is 5.24. The van der Waals surface area contributed by atoms with E-state index in [2.05, 4.69) is 10.6 Å². The lowest BCUT2D eigenvalue weighted by atomic mass is 9.90. The Bertz CT molecular complexity index is 730. The summed E-state index contributed by atoms with van der Waals surface area (Å²) < 4.78 is 0. The molecule has 0 spiro atoms. The molecule has 22 heavy (non-hydrogen) atoms. The van der Waals surface area contributed by atoms with Gasteiger partial charge in [0.1, 0.15) is 0 Å². The third-order valence-electron chi connectivity index (χ3n) is 3.67. The first kappa shape index (κ1) is 14.6. The Balaban J connectivity index is 1.74. The number of halogens is 1. The molecule has 0 fully saturated rings. The van der Waals surface area contributed by atoms with Crippen LogP contribution in [-0.2, 0) is 16.1 Å². The minimum absolute atomic E-state index is 0.137. The summed E-state index contributed by atoms with van der Waals surface area (Å²) in [7, 11) is 0. The Hall–Kier alpha value is -2.33. The molecule has 3 rings (SSSR count). The number of hydrogen-bond donors (Lipinski definition) is 2. The highest BCUT2D eigenvalue weighted by Gasteiger charge is 2.30. The highest BCUT2D eigenvalue weighted by Crippen LogP contribution is 2.32. The Morgan fingerprint density at radius 2 is 2.05 bits per heavy atom. The summed E-state index contributed by atoms with van der Waals surface area (Å²) in [5.74, 6) is -0.743. The summed E-state index contributed by atoms with van der Waals surface area (Å²) >= 11 is 5.93. The molecule has 2 amide bonds. The molecule has 1 unspecified atom stereocenters. The van der Waals surface area contributed by atoms with Crippen LogP contribution >= 0.6 is 11.6 Å². The van der Waals surface area contributed by atoms with Crippen LogP contribution in [0.25, 0.3) is 0 Å². The van der Waals surface area contributed by atoms with Gasteiger partial charge < -0.3 is 10.6 Å². The number of hydrogen-bond acceptors (Lipinski definition) is 2. The number of benzene rings is 2. The number of para-hydroxylation sites is 1. The highest BCUT2D eigenvalue weighted by atomic mass is 35.5. The van der Waals surface area contributed by atoms with Crippen molar-refractivity contribution in [1.82, 2.24) is 5.32 Å². The first-order valence-corrected chi connectivity index (χ1v) is 7.42. The molecule has 2 N–H and O–H groups in total. The van der Waals surface area contributed by atoms with E-state index < -0.39 is 5.92 Å². The van der Waals surface area contributed by atoms with Crippen LogP contribution in [0, 0.1) is 0 Å². The van der Waals surface area contributed by atoms with Gasteiger partial charge in [0, 0.05) is 23.7 Å². The van der Waals surface area contributed by atoms with Crippen molar-refractivity contribution >= 4 is 29.1 Å². The molecule has 2 aromatic carbocycles. The second-order valence-corrected chi connectivity index (χ2v) is 5.68. The van der Waals surface area contributed by atoms with Crippen molar-refractivity contribution in [3.05, 3.63) is 64.7 Å². The van der Waals surface area contributed by atoms with Crippen molar-refractivity contribution in [3.8, 4) is 0 Å². The second kappa shape index (κ2) is 6.20. The van der Waals surface area contributed by atoms with Crippen LogP contribution in [0.1, 0.15) is 23.5 Å². The number of fused-ring (bicyclic) bond motifs is 1. The van der Waals surface area contributed by atoms with E-state index in [1.54, 1.807) is 6.07 Å². The number of carbonyl (C=O) groups excluding carboxylic acids is 2. The Labute approximate surface area is 133 Å². The molecule has 0 aromatic heterocycles. The van der Waals surface area contributed by atoms with Crippen molar-refractivity contribution in [1.29, 1.82) is 0 Å². The van der Waals surface area contributed by atoms with Gasteiger partial charge in [-0.3, -0.25) is 9.59 Å². The maximum absolute atomic E-state index is 12.4. The number of amides is 2. The molecular weight excluding hydrogens is 300 g/mol. The SMILES string of the molecule is O=C1CC(C(=O)NCc2cccc(Cl)c2)c2ccccc2N1. The minimum Gasteiger partial charge on any atom is -0.351 e. The van der Waals surface area contributed by atoms with Crippen LogP contribution in [0.2, 0.25) is 5.02 Å². The number of anilines is 1. The molecule has 0 aliphatic carbocycles. The monoisotopic (exact) mass is 314 g/mol. The third kappa shape index (κ3) is 3.12. The van der Waals surface area contributed by atoms with Crippen LogP contribution in [0.5, 0.6) is 0 Å². The van der Waals surface area contributed by atoms with Crippen LogP contribution < -0.4 is 10.6 Å². The number of carbonyl (C=O) groups is 2. The molecular formula is C17H15ClN2O2.